The molecule has 1 unspecified atom stereocenters. The van der Waals surface area contributed by atoms with Gasteiger partial charge in [-0.3, -0.25) is 4.79 Å². The third-order valence-corrected chi connectivity index (χ3v) is 3.05. The van der Waals surface area contributed by atoms with Crippen LogP contribution in [-0.2, 0) is 4.74 Å². The average molecular weight is 245 g/mol. The van der Waals surface area contributed by atoms with E-state index in [2.05, 4.69) is 0 Å². The van der Waals surface area contributed by atoms with E-state index in [1.165, 1.54) is 0 Å². The van der Waals surface area contributed by atoms with Gasteiger partial charge in [0.25, 0.3) is 5.91 Å². The van der Waals surface area contributed by atoms with E-state index in [9.17, 15) is 4.79 Å². The summed E-state index contributed by atoms with van der Waals surface area (Å²) in [5, 5.41) is 8.82. The highest BCUT2D eigenvalue weighted by Gasteiger charge is 2.25. The summed E-state index contributed by atoms with van der Waals surface area (Å²) in [6.07, 6.45) is -0.547. The van der Waals surface area contributed by atoms with Crippen LogP contribution in [0.2, 0.25) is 0 Å². The topological polar surface area (TPSA) is 79.3 Å². The Morgan fingerprint density at radius 2 is 2.39 bits per heavy atom. The highest BCUT2D eigenvalue weighted by Crippen LogP contribution is 2.19. The fourth-order valence-electron chi connectivity index (χ4n) is 1.95. The van der Waals surface area contributed by atoms with Gasteiger partial charge in [0.2, 0.25) is 0 Å². The summed E-state index contributed by atoms with van der Waals surface area (Å²) in [7, 11) is 0. The van der Waals surface area contributed by atoms with Crippen LogP contribution in [0.1, 0.15) is 15.9 Å². The van der Waals surface area contributed by atoms with Crippen LogP contribution in [0.25, 0.3) is 0 Å². The number of hydrogen-bond acceptors (Lipinski definition) is 4. The van der Waals surface area contributed by atoms with Crippen molar-refractivity contribution in [3.05, 3.63) is 29.3 Å². The van der Waals surface area contributed by atoms with Gasteiger partial charge in [0.15, 0.2) is 6.10 Å². The van der Waals surface area contributed by atoms with Crippen LogP contribution in [0.5, 0.6) is 0 Å². The molecular formula is C13H15N3O2. The average Bonchev–Trinajstić information content (AvgIpc) is 2.41. The molecule has 1 saturated heterocycles. The largest absolute Gasteiger partial charge is 0.398 e. The van der Waals surface area contributed by atoms with Gasteiger partial charge < -0.3 is 15.4 Å². The number of nitrogen functional groups attached to an aromatic ring is 1. The van der Waals surface area contributed by atoms with Crippen LogP contribution < -0.4 is 5.73 Å². The van der Waals surface area contributed by atoms with E-state index in [-0.39, 0.29) is 5.91 Å². The first-order chi connectivity index (χ1) is 8.63. The Labute approximate surface area is 106 Å². The lowest BCUT2D eigenvalue weighted by Gasteiger charge is -2.30. The van der Waals surface area contributed by atoms with E-state index < -0.39 is 6.10 Å². The number of nitriles is 1. The predicted molar refractivity (Wildman–Crippen MR) is 66.8 cm³/mol. The Hall–Kier alpha value is -2.06. The van der Waals surface area contributed by atoms with Gasteiger partial charge in [0, 0.05) is 12.2 Å². The lowest BCUT2D eigenvalue weighted by Crippen LogP contribution is -2.45. The first-order valence-electron chi connectivity index (χ1n) is 5.79. The molecule has 1 heterocycles. The molecule has 1 aromatic rings. The molecule has 2 rings (SSSR count). The SMILES string of the molecule is Cc1cccc(C(=O)N2CCOC(C#N)C2)c1N. The molecule has 1 aliphatic heterocycles. The maximum atomic E-state index is 12.3. The second-order valence-corrected chi connectivity index (χ2v) is 4.28. The van der Waals surface area contributed by atoms with E-state index in [0.717, 1.165) is 5.56 Å². The van der Waals surface area contributed by atoms with Gasteiger partial charge in [0.05, 0.1) is 24.8 Å². The molecule has 1 amide bonds. The Morgan fingerprint density at radius 3 is 3.11 bits per heavy atom. The summed E-state index contributed by atoms with van der Waals surface area (Å²) in [6, 6.07) is 7.40. The Balaban J connectivity index is 2.21. The highest BCUT2D eigenvalue weighted by atomic mass is 16.5. The van der Waals surface area contributed by atoms with E-state index in [4.69, 9.17) is 15.7 Å². The van der Waals surface area contributed by atoms with Gasteiger partial charge in [-0.2, -0.15) is 5.26 Å². The predicted octanol–water partition coefficient (Wildman–Crippen LogP) is 0.942. The molecule has 5 heteroatoms. The highest BCUT2D eigenvalue weighted by molar-refractivity contribution is 5.99. The van der Waals surface area contributed by atoms with Crippen LogP contribution in [-0.4, -0.2) is 36.6 Å². The number of ether oxygens (including phenoxy) is 1. The second kappa shape index (κ2) is 5.07. The number of carbonyl (C=O) groups is 1. The molecule has 1 aliphatic rings. The second-order valence-electron chi connectivity index (χ2n) is 4.28. The fraction of sp³-hybridized carbons (Fsp3) is 0.385. The van der Waals surface area contributed by atoms with Crippen molar-refractivity contribution in [2.75, 3.05) is 25.4 Å². The maximum absolute atomic E-state index is 12.3. The van der Waals surface area contributed by atoms with Crippen molar-refractivity contribution in [3.63, 3.8) is 0 Å². The van der Waals surface area contributed by atoms with E-state index in [1.54, 1.807) is 17.0 Å². The fourth-order valence-corrected chi connectivity index (χ4v) is 1.95. The molecule has 2 N–H and O–H groups in total. The zero-order chi connectivity index (χ0) is 13.1. The number of para-hydroxylation sites is 1. The van der Waals surface area contributed by atoms with E-state index in [0.29, 0.717) is 30.9 Å². The minimum absolute atomic E-state index is 0.139. The lowest BCUT2D eigenvalue weighted by molar-refractivity contribution is 0.00351. The molecule has 18 heavy (non-hydrogen) atoms. The summed E-state index contributed by atoms with van der Waals surface area (Å²) in [4.78, 5) is 13.9. The number of benzene rings is 1. The van der Waals surface area contributed by atoms with Crippen molar-refractivity contribution in [3.8, 4) is 6.07 Å². The third kappa shape index (κ3) is 2.29. The van der Waals surface area contributed by atoms with Crippen LogP contribution in [0, 0.1) is 18.3 Å². The van der Waals surface area contributed by atoms with Gasteiger partial charge in [-0.25, -0.2) is 0 Å². The first-order valence-corrected chi connectivity index (χ1v) is 5.79. The van der Waals surface area contributed by atoms with E-state index >= 15 is 0 Å². The van der Waals surface area contributed by atoms with Crippen molar-refractivity contribution < 1.29 is 9.53 Å². The first kappa shape index (κ1) is 12.4. The van der Waals surface area contributed by atoms with Crippen LogP contribution in [0.4, 0.5) is 5.69 Å². The number of anilines is 1. The molecule has 0 aromatic heterocycles. The van der Waals surface area contributed by atoms with Gasteiger partial charge in [-0.15, -0.1) is 0 Å². The smallest absolute Gasteiger partial charge is 0.256 e. The number of hydrogen-bond donors (Lipinski definition) is 1. The number of morpholine rings is 1. The third-order valence-electron chi connectivity index (χ3n) is 3.05. The van der Waals surface area contributed by atoms with Crippen LogP contribution >= 0.6 is 0 Å². The van der Waals surface area contributed by atoms with Gasteiger partial charge in [0.1, 0.15) is 0 Å². The Kier molecular flexibility index (Phi) is 3.49. The molecule has 0 spiro atoms. The minimum atomic E-state index is -0.547. The lowest BCUT2D eigenvalue weighted by atomic mass is 10.1. The Morgan fingerprint density at radius 1 is 1.61 bits per heavy atom. The molecule has 1 atom stereocenters. The Bertz CT molecular complexity index is 507. The number of aryl methyl sites for hydroxylation is 1. The normalized spacial score (nSPS) is 19.3. The number of rotatable bonds is 1. The van der Waals surface area contributed by atoms with Crippen molar-refractivity contribution in [1.82, 2.24) is 4.90 Å². The van der Waals surface area contributed by atoms with Crippen molar-refractivity contribution in [2.24, 2.45) is 0 Å². The van der Waals surface area contributed by atoms with Crippen molar-refractivity contribution in [2.45, 2.75) is 13.0 Å². The summed E-state index contributed by atoms with van der Waals surface area (Å²) in [5.41, 5.74) is 7.79. The number of amides is 1. The molecule has 0 radical (unpaired) electrons. The zero-order valence-electron chi connectivity index (χ0n) is 10.2. The van der Waals surface area contributed by atoms with Crippen molar-refractivity contribution in [1.29, 1.82) is 5.26 Å². The number of carbonyl (C=O) groups excluding carboxylic acids is 1. The maximum Gasteiger partial charge on any atom is 0.256 e. The van der Waals surface area contributed by atoms with E-state index in [1.807, 2.05) is 19.1 Å². The summed E-state index contributed by atoms with van der Waals surface area (Å²) < 4.78 is 5.21. The van der Waals surface area contributed by atoms with Crippen molar-refractivity contribution >= 4 is 11.6 Å². The summed E-state index contributed by atoms with van der Waals surface area (Å²) in [5.74, 6) is -0.139. The molecule has 0 bridgehead atoms. The van der Waals surface area contributed by atoms with Crippen LogP contribution in [0.15, 0.2) is 18.2 Å². The standard InChI is InChI=1S/C13H15N3O2/c1-9-3-2-4-11(12(9)15)13(17)16-5-6-18-10(7-14)8-16/h2-4,10H,5-6,8,15H2,1H3. The molecular weight excluding hydrogens is 230 g/mol. The van der Waals surface area contributed by atoms with Crippen LogP contribution in [0.3, 0.4) is 0 Å². The molecule has 5 nitrogen and oxygen atoms in total. The number of nitrogens with zero attached hydrogens (tertiary/aromatic N) is 2. The van der Waals surface area contributed by atoms with Gasteiger partial charge in [-0.05, 0) is 18.6 Å². The number of nitrogens with two attached hydrogens (primary N) is 1. The quantitative estimate of drug-likeness (QED) is 0.747. The molecule has 0 aliphatic carbocycles. The molecule has 0 saturated carbocycles. The summed E-state index contributed by atoms with van der Waals surface area (Å²) in [6.45, 7) is 3.03. The molecule has 94 valence electrons. The molecule has 1 fully saturated rings. The monoisotopic (exact) mass is 245 g/mol. The van der Waals surface area contributed by atoms with Gasteiger partial charge >= 0.3 is 0 Å². The summed E-state index contributed by atoms with van der Waals surface area (Å²) >= 11 is 0. The van der Waals surface area contributed by atoms with Gasteiger partial charge in [-0.1, -0.05) is 12.1 Å². The zero-order valence-corrected chi connectivity index (χ0v) is 10.2. The molecule has 1 aromatic carbocycles. The minimum Gasteiger partial charge on any atom is -0.398 e.